The summed E-state index contributed by atoms with van der Waals surface area (Å²) in [5.74, 6) is 1.97. The van der Waals surface area contributed by atoms with Gasteiger partial charge in [-0.15, -0.1) is 0 Å². The lowest BCUT2D eigenvalue weighted by Gasteiger charge is -2.36. The maximum Gasteiger partial charge on any atom is 0.105 e. The van der Waals surface area contributed by atoms with Gasteiger partial charge in [0.1, 0.15) is 5.82 Å². The van der Waals surface area contributed by atoms with Gasteiger partial charge in [-0.25, -0.2) is 4.98 Å². The van der Waals surface area contributed by atoms with Gasteiger partial charge >= 0.3 is 0 Å². The molecular formula is C21H30N4. The van der Waals surface area contributed by atoms with E-state index < -0.39 is 0 Å². The number of rotatable bonds is 6. The van der Waals surface area contributed by atoms with Gasteiger partial charge in [0.15, 0.2) is 0 Å². The molecule has 0 amide bonds. The van der Waals surface area contributed by atoms with Gasteiger partial charge in [-0.3, -0.25) is 4.90 Å². The molecule has 0 unspecified atom stereocenters. The van der Waals surface area contributed by atoms with Gasteiger partial charge in [0, 0.05) is 51.2 Å². The average molecular weight is 338 g/mol. The molecule has 2 atom stereocenters. The number of hydrogen-bond donors (Lipinski definition) is 0. The summed E-state index contributed by atoms with van der Waals surface area (Å²) in [5.41, 5.74) is 1.46. The fourth-order valence-corrected chi connectivity index (χ4v) is 4.58. The molecule has 0 spiro atoms. The molecule has 25 heavy (non-hydrogen) atoms. The number of aromatic nitrogens is 2. The summed E-state index contributed by atoms with van der Waals surface area (Å²) in [5, 5.41) is 0. The van der Waals surface area contributed by atoms with E-state index in [1.54, 1.807) is 0 Å². The van der Waals surface area contributed by atoms with E-state index in [9.17, 15) is 0 Å². The molecule has 0 N–H and O–H groups in total. The molecule has 2 bridgehead atoms. The number of aryl methyl sites for hydroxylation is 2. The van der Waals surface area contributed by atoms with Crippen LogP contribution >= 0.6 is 0 Å². The van der Waals surface area contributed by atoms with Crippen molar-refractivity contribution in [1.82, 2.24) is 19.4 Å². The average Bonchev–Trinajstić information content (AvgIpc) is 2.84. The van der Waals surface area contributed by atoms with Crippen LogP contribution in [0.3, 0.4) is 0 Å². The van der Waals surface area contributed by atoms with Crippen molar-refractivity contribution in [1.29, 1.82) is 0 Å². The van der Waals surface area contributed by atoms with E-state index in [0.717, 1.165) is 30.9 Å². The quantitative estimate of drug-likeness (QED) is 0.808. The second-order valence-electron chi connectivity index (χ2n) is 7.79. The molecule has 0 saturated carbocycles. The van der Waals surface area contributed by atoms with Crippen molar-refractivity contribution >= 4 is 0 Å². The molecule has 0 radical (unpaired) electrons. The van der Waals surface area contributed by atoms with Crippen molar-refractivity contribution < 1.29 is 0 Å². The second kappa shape index (κ2) is 7.71. The van der Waals surface area contributed by atoms with E-state index in [1.807, 2.05) is 6.20 Å². The smallest absolute Gasteiger partial charge is 0.105 e. The Morgan fingerprint density at radius 2 is 1.92 bits per heavy atom. The van der Waals surface area contributed by atoms with E-state index in [0.29, 0.717) is 0 Å². The van der Waals surface area contributed by atoms with E-state index in [2.05, 4.69) is 62.8 Å². The Labute approximate surface area is 151 Å². The van der Waals surface area contributed by atoms with Crippen LogP contribution in [0.25, 0.3) is 0 Å². The lowest BCUT2D eigenvalue weighted by atomic mass is 9.94. The van der Waals surface area contributed by atoms with Crippen LogP contribution in [0.2, 0.25) is 0 Å². The zero-order chi connectivity index (χ0) is 17.1. The monoisotopic (exact) mass is 338 g/mol. The van der Waals surface area contributed by atoms with Gasteiger partial charge in [-0.1, -0.05) is 30.3 Å². The molecule has 3 fully saturated rings. The summed E-state index contributed by atoms with van der Waals surface area (Å²) in [6.45, 7) is 9.31. The molecule has 3 aliphatic rings. The molecule has 1 aromatic heterocycles. The topological polar surface area (TPSA) is 24.3 Å². The third-order valence-electron chi connectivity index (χ3n) is 5.93. The van der Waals surface area contributed by atoms with E-state index >= 15 is 0 Å². The zero-order valence-electron chi connectivity index (χ0n) is 15.3. The van der Waals surface area contributed by atoms with Gasteiger partial charge in [0.05, 0.1) is 0 Å². The van der Waals surface area contributed by atoms with Crippen molar-refractivity contribution in [2.24, 2.45) is 5.92 Å². The third kappa shape index (κ3) is 4.13. The van der Waals surface area contributed by atoms with Gasteiger partial charge < -0.3 is 9.47 Å². The van der Waals surface area contributed by atoms with E-state index in [-0.39, 0.29) is 0 Å². The first-order chi connectivity index (χ1) is 12.3. The first-order valence-corrected chi connectivity index (χ1v) is 9.76. The third-order valence-corrected chi connectivity index (χ3v) is 5.93. The Kier molecular flexibility index (Phi) is 5.18. The highest BCUT2D eigenvalue weighted by molar-refractivity contribution is 5.15. The maximum atomic E-state index is 4.32. The van der Waals surface area contributed by atoms with Gasteiger partial charge in [0.2, 0.25) is 0 Å². The molecule has 5 rings (SSSR count). The summed E-state index contributed by atoms with van der Waals surface area (Å²) in [4.78, 5) is 9.79. The highest BCUT2D eigenvalue weighted by Crippen LogP contribution is 2.29. The largest absolute Gasteiger partial charge is 0.335 e. The Morgan fingerprint density at radius 1 is 1.04 bits per heavy atom. The summed E-state index contributed by atoms with van der Waals surface area (Å²) in [6, 6.07) is 11.7. The molecule has 4 nitrogen and oxygen atoms in total. The number of imidazole rings is 1. The Balaban J connectivity index is 1.32. The molecule has 4 heterocycles. The zero-order valence-corrected chi connectivity index (χ0v) is 15.3. The summed E-state index contributed by atoms with van der Waals surface area (Å²) in [6.07, 6.45) is 8.00. The molecule has 3 saturated heterocycles. The van der Waals surface area contributed by atoms with Crippen molar-refractivity contribution in [3.05, 3.63) is 54.1 Å². The second-order valence-corrected chi connectivity index (χ2v) is 7.79. The highest BCUT2D eigenvalue weighted by Gasteiger charge is 2.34. The molecular weight excluding hydrogens is 308 g/mol. The SMILES string of the molecule is Cc1nccn1CCCN1C[C@H]2CC[C@@H](C1)N(Cc1ccccc1)C2. The van der Waals surface area contributed by atoms with E-state index in [4.69, 9.17) is 0 Å². The van der Waals surface area contributed by atoms with Crippen molar-refractivity contribution in [3.8, 4) is 0 Å². The molecule has 0 aliphatic carbocycles. The molecule has 1 aromatic carbocycles. The van der Waals surface area contributed by atoms with Gasteiger partial charge in [0.25, 0.3) is 0 Å². The minimum Gasteiger partial charge on any atom is -0.335 e. The van der Waals surface area contributed by atoms with Crippen LogP contribution in [0.1, 0.15) is 30.7 Å². The van der Waals surface area contributed by atoms with Gasteiger partial charge in [-0.2, -0.15) is 0 Å². The standard InChI is InChI=1S/C21H30N4/c1-18-22-10-13-24(18)12-5-11-23-14-20-8-9-21(17-23)25(16-20)15-19-6-3-2-4-7-19/h2-4,6-7,10,13,20-21H,5,8-9,11-12,14-17H2,1H3/t20-,21+/m1/s1. The molecule has 4 heteroatoms. The van der Waals surface area contributed by atoms with Crippen molar-refractivity contribution in [2.75, 3.05) is 26.2 Å². The number of benzene rings is 1. The van der Waals surface area contributed by atoms with Crippen LogP contribution in [-0.4, -0.2) is 51.6 Å². The Morgan fingerprint density at radius 3 is 2.72 bits per heavy atom. The van der Waals surface area contributed by atoms with Crippen molar-refractivity contribution in [2.45, 2.75) is 45.3 Å². The van der Waals surface area contributed by atoms with E-state index in [1.165, 1.54) is 51.0 Å². The van der Waals surface area contributed by atoms with Crippen LogP contribution in [0.15, 0.2) is 42.7 Å². The molecule has 3 aliphatic heterocycles. The molecule has 2 aromatic rings. The summed E-state index contributed by atoms with van der Waals surface area (Å²) in [7, 11) is 0. The Hall–Kier alpha value is -1.65. The predicted octanol–water partition coefficient (Wildman–Crippen LogP) is 3.18. The number of hydrogen-bond acceptors (Lipinski definition) is 3. The maximum absolute atomic E-state index is 4.32. The Bertz CT molecular complexity index is 666. The predicted molar refractivity (Wildman–Crippen MR) is 101 cm³/mol. The number of nitrogens with zero attached hydrogens (tertiary/aromatic N) is 4. The summed E-state index contributed by atoms with van der Waals surface area (Å²) >= 11 is 0. The highest BCUT2D eigenvalue weighted by atomic mass is 15.3. The van der Waals surface area contributed by atoms with Gasteiger partial charge in [-0.05, 0) is 44.2 Å². The van der Waals surface area contributed by atoms with Crippen LogP contribution in [0.5, 0.6) is 0 Å². The number of piperidine rings is 1. The van der Waals surface area contributed by atoms with Crippen LogP contribution in [-0.2, 0) is 13.1 Å². The number of fused-ring (bicyclic) bond motifs is 4. The normalized spacial score (nSPS) is 24.5. The van der Waals surface area contributed by atoms with Crippen LogP contribution in [0.4, 0.5) is 0 Å². The summed E-state index contributed by atoms with van der Waals surface area (Å²) < 4.78 is 2.27. The van der Waals surface area contributed by atoms with Crippen LogP contribution < -0.4 is 0 Å². The molecule has 134 valence electrons. The minimum atomic E-state index is 0.730. The van der Waals surface area contributed by atoms with Crippen molar-refractivity contribution in [3.63, 3.8) is 0 Å². The van der Waals surface area contributed by atoms with Crippen LogP contribution in [0, 0.1) is 12.8 Å². The fraction of sp³-hybridized carbons (Fsp3) is 0.571. The fourth-order valence-electron chi connectivity index (χ4n) is 4.58. The lowest BCUT2D eigenvalue weighted by Crippen LogP contribution is -2.43. The first-order valence-electron chi connectivity index (χ1n) is 9.76. The first kappa shape index (κ1) is 16.8. The lowest BCUT2D eigenvalue weighted by molar-refractivity contribution is 0.123. The minimum absolute atomic E-state index is 0.730.